The Morgan fingerprint density at radius 1 is 1.12 bits per heavy atom. The number of sulfonamides is 1. The molecule has 1 fully saturated rings. The SMILES string of the molecule is Nc1ncc(-c2cccc(S(=O)(=O)NC3CCc4ccccc43)c2)nc1C(=O)N[C@H]1CCNC1. The minimum atomic E-state index is -3.78. The highest BCUT2D eigenvalue weighted by Crippen LogP contribution is 2.32. The normalized spacial score (nSPS) is 19.6. The number of hydrogen-bond donors (Lipinski definition) is 4. The van der Waals surface area contributed by atoms with E-state index in [-0.39, 0.29) is 28.5 Å². The van der Waals surface area contributed by atoms with Gasteiger partial charge in [-0.05, 0) is 49.1 Å². The van der Waals surface area contributed by atoms with Crippen molar-refractivity contribution in [3.8, 4) is 11.3 Å². The molecule has 1 unspecified atom stereocenters. The van der Waals surface area contributed by atoms with Crippen molar-refractivity contribution in [1.82, 2.24) is 25.3 Å². The third kappa shape index (κ3) is 4.52. The lowest BCUT2D eigenvalue weighted by atomic mass is 10.1. The molecule has 34 heavy (non-hydrogen) atoms. The number of carbonyl (C=O) groups is 1. The molecule has 0 spiro atoms. The van der Waals surface area contributed by atoms with Gasteiger partial charge in [-0.2, -0.15) is 0 Å². The number of nitrogens with one attached hydrogen (secondary N) is 3. The molecule has 2 heterocycles. The molecule has 1 aliphatic carbocycles. The molecule has 2 aromatic carbocycles. The van der Waals surface area contributed by atoms with Gasteiger partial charge in [0.25, 0.3) is 5.91 Å². The average Bonchev–Trinajstić information content (AvgIpc) is 3.49. The van der Waals surface area contributed by atoms with Crippen LogP contribution in [0.4, 0.5) is 5.82 Å². The van der Waals surface area contributed by atoms with Crippen LogP contribution in [0.5, 0.6) is 0 Å². The Hall–Kier alpha value is -3.34. The first-order chi connectivity index (χ1) is 16.4. The predicted octanol–water partition coefficient (Wildman–Crippen LogP) is 1.78. The number of anilines is 1. The summed E-state index contributed by atoms with van der Waals surface area (Å²) >= 11 is 0. The molecule has 1 aromatic heterocycles. The standard InChI is InChI=1S/C24H26N6O3S/c25-23-22(24(31)28-17-10-11-26-13-17)29-21(14-27-23)16-5-3-6-18(12-16)34(32,33)30-20-9-8-15-4-1-2-7-19(15)20/h1-7,12,14,17,20,26,30H,8-11,13H2,(H2,25,27)(H,28,31)/t17-,20?/m0/s1. The Kier molecular flexibility index (Phi) is 6.03. The van der Waals surface area contributed by atoms with E-state index in [1.165, 1.54) is 23.9 Å². The first-order valence-electron chi connectivity index (χ1n) is 11.3. The zero-order valence-electron chi connectivity index (χ0n) is 18.5. The molecule has 1 amide bonds. The van der Waals surface area contributed by atoms with E-state index in [4.69, 9.17) is 5.73 Å². The minimum Gasteiger partial charge on any atom is -0.382 e. The first kappa shape index (κ1) is 22.5. The number of carbonyl (C=O) groups excluding carboxylic acids is 1. The van der Waals surface area contributed by atoms with Crippen LogP contribution >= 0.6 is 0 Å². The van der Waals surface area contributed by atoms with Crippen molar-refractivity contribution in [2.45, 2.75) is 36.2 Å². The lowest BCUT2D eigenvalue weighted by molar-refractivity contribution is 0.0936. The summed E-state index contributed by atoms with van der Waals surface area (Å²) in [5.41, 5.74) is 9.02. The van der Waals surface area contributed by atoms with Crippen molar-refractivity contribution < 1.29 is 13.2 Å². The molecule has 0 bridgehead atoms. The number of nitrogens with two attached hydrogens (primary N) is 1. The fourth-order valence-corrected chi connectivity index (χ4v) is 5.79. The fraction of sp³-hybridized carbons (Fsp3) is 0.292. The van der Waals surface area contributed by atoms with Crippen LogP contribution in [-0.4, -0.2) is 43.4 Å². The number of aryl methyl sites for hydroxylation is 1. The number of fused-ring (bicyclic) bond motifs is 1. The highest BCUT2D eigenvalue weighted by Gasteiger charge is 2.27. The van der Waals surface area contributed by atoms with E-state index in [9.17, 15) is 13.2 Å². The molecule has 0 radical (unpaired) electrons. The molecule has 2 atom stereocenters. The van der Waals surface area contributed by atoms with Crippen LogP contribution in [0.3, 0.4) is 0 Å². The van der Waals surface area contributed by atoms with E-state index < -0.39 is 15.9 Å². The van der Waals surface area contributed by atoms with Crippen molar-refractivity contribution in [2.24, 2.45) is 0 Å². The summed E-state index contributed by atoms with van der Waals surface area (Å²) in [5.74, 6) is -0.372. The quantitative estimate of drug-likeness (QED) is 0.423. The maximum atomic E-state index is 13.2. The molecule has 1 aliphatic heterocycles. The van der Waals surface area contributed by atoms with Crippen LogP contribution in [0.15, 0.2) is 59.6 Å². The lowest BCUT2D eigenvalue weighted by Gasteiger charge is -2.15. The predicted molar refractivity (Wildman–Crippen MR) is 128 cm³/mol. The number of nitrogen functional groups attached to an aromatic ring is 1. The molecule has 176 valence electrons. The number of rotatable bonds is 6. The molecule has 10 heteroatoms. The number of benzene rings is 2. The van der Waals surface area contributed by atoms with E-state index in [2.05, 4.69) is 25.3 Å². The summed E-state index contributed by atoms with van der Waals surface area (Å²) in [6, 6.07) is 14.1. The monoisotopic (exact) mass is 478 g/mol. The summed E-state index contributed by atoms with van der Waals surface area (Å²) in [4.78, 5) is 21.3. The molecule has 1 saturated heterocycles. The number of amides is 1. The third-order valence-electron chi connectivity index (χ3n) is 6.28. The van der Waals surface area contributed by atoms with Crippen molar-refractivity contribution >= 4 is 21.7 Å². The number of aromatic nitrogens is 2. The second-order valence-electron chi connectivity index (χ2n) is 8.59. The van der Waals surface area contributed by atoms with Crippen LogP contribution in [0.2, 0.25) is 0 Å². The van der Waals surface area contributed by atoms with Gasteiger partial charge < -0.3 is 16.4 Å². The van der Waals surface area contributed by atoms with Gasteiger partial charge in [-0.3, -0.25) is 4.79 Å². The van der Waals surface area contributed by atoms with Gasteiger partial charge in [0, 0.05) is 24.2 Å². The first-order valence-corrected chi connectivity index (χ1v) is 12.7. The fourth-order valence-electron chi connectivity index (χ4n) is 4.49. The van der Waals surface area contributed by atoms with Gasteiger partial charge >= 0.3 is 0 Å². The van der Waals surface area contributed by atoms with Crippen molar-refractivity contribution in [1.29, 1.82) is 0 Å². The van der Waals surface area contributed by atoms with E-state index in [1.54, 1.807) is 12.1 Å². The summed E-state index contributed by atoms with van der Waals surface area (Å²) in [6.07, 6.45) is 3.83. The summed E-state index contributed by atoms with van der Waals surface area (Å²) in [7, 11) is -3.78. The summed E-state index contributed by atoms with van der Waals surface area (Å²) in [5, 5.41) is 6.10. The maximum Gasteiger partial charge on any atom is 0.274 e. The van der Waals surface area contributed by atoms with Crippen molar-refractivity contribution in [3.63, 3.8) is 0 Å². The van der Waals surface area contributed by atoms with Crippen molar-refractivity contribution in [2.75, 3.05) is 18.8 Å². The highest BCUT2D eigenvalue weighted by molar-refractivity contribution is 7.89. The molecule has 0 saturated carbocycles. The molecular formula is C24H26N6O3S. The third-order valence-corrected chi connectivity index (χ3v) is 7.75. The van der Waals surface area contributed by atoms with E-state index in [0.29, 0.717) is 17.8 Å². The van der Waals surface area contributed by atoms with Crippen LogP contribution in [0.25, 0.3) is 11.3 Å². The smallest absolute Gasteiger partial charge is 0.274 e. The Morgan fingerprint density at radius 2 is 1.97 bits per heavy atom. The summed E-state index contributed by atoms with van der Waals surface area (Å²) in [6.45, 7) is 1.53. The topological polar surface area (TPSA) is 139 Å². The molecule has 5 N–H and O–H groups in total. The van der Waals surface area contributed by atoms with Gasteiger partial charge in [0.1, 0.15) is 0 Å². The van der Waals surface area contributed by atoms with E-state index in [0.717, 1.165) is 31.4 Å². The van der Waals surface area contributed by atoms with E-state index >= 15 is 0 Å². The van der Waals surface area contributed by atoms with Gasteiger partial charge in [0.05, 0.1) is 16.8 Å². The molecule has 2 aliphatic rings. The molecule has 9 nitrogen and oxygen atoms in total. The van der Waals surface area contributed by atoms with Gasteiger partial charge in [0.15, 0.2) is 11.5 Å². The number of hydrogen-bond acceptors (Lipinski definition) is 7. The zero-order chi connectivity index (χ0) is 23.7. The zero-order valence-corrected chi connectivity index (χ0v) is 19.3. The van der Waals surface area contributed by atoms with Gasteiger partial charge in [-0.15, -0.1) is 0 Å². The average molecular weight is 479 g/mol. The van der Waals surface area contributed by atoms with Crippen LogP contribution < -0.4 is 21.1 Å². The Balaban J connectivity index is 1.39. The van der Waals surface area contributed by atoms with Crippen molar-refractivity contribution in [3.05, 3.63) is 71.5 Å². The second-order valence-corrected chi connectivity index (χ2v) is 10.3. The molecule has 5 rings (SSSR count). The Bertz CT molecular complexity index is 1340. The summed E-state index contributed by atoms with van der Waals surface area (Å²) < 4.78 is 29.2. The van der Waals surface area contributed by atoms with E-state index in [1.807, 2.05) is 24.3 Å². The second kappa shape index (κ2) is 9.13. The molecule has 3 aromatic rings. The maximum absolute atomic E-state index is 13.2. The molecular weight excluding hydrogens is 452 g/mol. The minimum absolute atomic E-state index is 0.0117. The van der Waals surface area contributed by atoms with Crippen LogP contribution in [0, 0.1) is 0 Å². The highest BCUT2D eigenvalue weighted by atomic mass is 32.2. The Morgan fingerprint density at radius 3 is 2.79 bits per heavy atom. The van der Waals surface area contributed by atoms with Gasteiger partial charge in [-0.1, -0.05) is 36.4 Å². The van der Waals surface area contributed by atoms with Gasteiger partial charge in [0.2, 0.25) is 10.0 Å². The van der Waals surface area contributed by atoms with Gasteiger partial charge in [-0.25, -0.2) is 23.1 Å². The number of nitrogens with zero attached hydrogens (tertiary/aromatic N) is 2. The van der Waals surface area contributed by atoms with Crippen LogP contribution in [0.1, 0.15) is 40.5 Å². The lowest BCUT2D eigenvalue weighted by Crippen LogP contribution is -2.37. The largest absolute Gasteiger partial charge is 0.382 e. The van der Waals surface area contributed by atoms with Crippen LogP contribution in [-0.2, 0) is 16.4 Å². The Labute approximate surface area is 198 Å².